The number of pyridine rings is 1. The average molecular weight is 956 g/mol. The van der Waals surface area contributed by atoms with E-state index in [9.17, 15) is 0 Å². The second kappa shape index (κ2) is 21.3. The van der Waals surface area contributed by atoms with Crippen LogP contribution in [0.3, 0.4) is 0 Å². The molecule has 10 aromatic rings. The van der Waals surface area contributed by atoms with Crippen LogP contribution in [-0.2, 0) is 25.7 Å². The predicted octanol–water partition coefficient (Wildman–Crippen LogP) is 16.5. The van der Waals surface area contributed by atoms with Crippen molar-refractivity contribution in [3.05, 3.63) is 296 Å². The minimum absolute atomic E-state index is 0.800. The van der Waals surface area contributed by atoms with Crippen molar-refractivity contribution >= 4 is 22.7 Å². The average Bonchev–Trinajstić information content (AvgIpc) is 4.20. The maximum absolute atomic E-state index is 4.82. The number of nitrogens with zero attached hydrogens (tertiary/aromatic N) is 5. The molecule has 0 N–H and O–H groups in total. The molecule has 0 fully saturated rings. The lowest BCUT2D eigenvalue weighted by Gasteiger charge is -2.21. The van der Waals surface area contributed by atoms with E-state index in [1.54, 1.807) is 0 Å². The molecule has 0 saturated heterocycles. The molecular weight excluding hydrogens is 899 g/mol. The van der Waals surface area contributed by atoms with E-state index >= 15 is 0 Å². The Morgan fingerprint density at radius 2 is 0.649 bits per heavy atom. The van der Waals surface area contributed by atoms with Crippen LogP contribution in [0.4, 0.5) is 22.7 Å². The van der Waals surface area contributed by atoms with Gasteiger partial charge in [0.1, 0.15) is 0 Å². The number of rotatable bonds is 15. The molecule has 358 valence electrons. The van der Waals surface area contributed by atoms with Gasteiger partial charge in [-0.15, -0.1) is 0 Å². The highest BCUT2D eigenvalue weighted by Gasteiger charge is 2.18. The molecule has 0 atom stereocenters. The zero-order valence-corrected chi connectivity index (χ0v) is 41.5. The largest absolute Gasteiger partial charge is 0.328 e. The highest BCUT2D eigenvalue weighted by molar-refractivity contribution is 5.85. The SMILES string of the molecule is C1=CN(c2ccc(CCc3cc(CCc4ccc(N5C=CN(c6ccccc6)C5)cc4)cc(-c4ccccc4-c4ccc(-c5cc(-c6ccc(-c7ccccc7)cc6)ccn5)cc4)c3)cc2)CN1c1ccccc1. The van der Waals surface area contributed by atoms with E-state index < -0.39 is 0 Å². The maximum atomic E-state index is 4.82. The Bertz CT molecular complexity index is 3410. The zero-order valence-electron chi connectivity index (χ0n) is 41.5. The summed E-state index contributed by atoms with van der Waals surface area (Å²) in [5.41, 5.74) is 21.9. The van der Waals surface area contributed by atoms with E-state index in [2.05, 4.69) is 287 Å². The van der Waals surface area contributed by atoms with Gasteiger partial charge in [-0.2, -0.15) is 0 Å². The minimum Gasteiger partial charge on any atom is -0.328 e. The molecule has 2 aliphatic heterocycles. The van der Waals surface area contributed by atoms with Crippen LogP contribution in [0.5, 0.6) is 0 Å². The second-order valence-corrected chi connectivity index (χ2v) is 19.3. The van der Waals surface area contributed by atoms with Crippen molar-refractivity contribution < 1.29 is 0 Å². The molecule has 0 amide bonds. The first-order chi connectivity index (χ1) is 36.6. The summed E-state index contributed by atoms with van der Waals surface area (Å²) in [4.78, 5) is 14.0. The summed E-state index contributed by atoms with van der Waals surface area (Å²) in [5.74, 6) is 0. The third-order valence-corrected chi connectivity index (χ3v) is 14.4. The van der Waals surface area contributed by atoms with Crippen molar-refractivity contribution in [2.24, 2.45) is 0 Å². The van der Waals surface area contributed by atoms with E-state index in [0.717, 1.165) is 55.8 Å². The standard InChI is InChI=1S/C69H57N5/c1-4-12-56(13-5-1)57-28-30-58(31-29-57)61-40-41-70-69(49-61)60-34-32-59(33-35-60)67-18-10-11-19-68(67)62-47-54(22-20-52-24-36-65(37-25-52)73-44-42-71(50-73)63-14-6-2-7-15-63)46-55(48-62)23-21-53-26-38-66(39-27-53)74-45-43-72(51-74)64-16-8-3-9-17-64/h1-19,24-49H,20-23,50-51H2. The maximum Gasteiger partial charge on any atom is 0.0989 e. The van der Waals surface area contributed by atoms with Gasteiger partial charge in [0.15, 0.2) is 0 Å². The van der Waals surface area contributed by atoms with Crippen LogP contribution in [-0.4, -0.2) is 18.3 Å². The molecule has 5 nitrogen and oxygen atoms in total. The molecule has 3 heterocycles. The van der Waals surface area contributed by atoms with Gasteiger partial charge in [-0.1, -0.05) is 182 Å². The third kappa shape index (κ3) is 10.4. The number of hydrogen-bond donors (Lipinski definition) is 0. The minimum atomic E-state index is 0.800. The van der Waals surface area contributed by atoms with E-state index in [1.807, 2.05) is 6.20 Å². The lowest BCUT2D eigenvalue weighted by atomic mass is 9.90. The van der Waals surface area contributed by atoms with Crippen molar-refractivity contribution in [1.29, 1.82) is 0 Å². The Morgan fingerprint density at radius 3 is 1.15 bits per heavy atom. The summed E-state index contributed by atoms with van der Waals surface area (Å²) in [6.07, 6.45) is 14.4. The van der Waals surface area contributed by atoms with Crippen LogP contribution in [0.15, 0.2) is 274 Å². The van der Waals surface area contributed by atoms with Crippen LogP contribution in [0.25, 0.3) is 55.8 Å². The monoisotopic (exact) mass is 955 g/mol. The summed E-state index contributed by atoms with van der Waals surface area (Å²) in [6, 6.07) is 88.1. The first-order valence-corrected chi connectivity index (χ1v) is 25.8. The molecule has 2 aliphatic rings. The van der Waals surface area contributed by atoms with Gasteiger partial charge in [-0.25, -0.2) is 0 Å². The summed E-state index contributed by atoms with van der Waals surface area (Å²) < 4.78 is 0. The molecule has 0 bridgehead atoms. The molecule has 74 heavy (non-hydrogen) atoms. The third-order valence-electron chi connectivity index (χ3n) is 14.4. The Morgan fingerprint density at radius 1 is 0.270 bits per heavy atom. The normalized spacial score (nSPS) is 13.0. The summed E-state index contributed by atoms with van der Waals surface area (Å²) in [5, 5.41) is 0. The molecule has 5 heteroatoms. The first kappa shape index (κ1) is 45.9. The number of aryl methyl sites for hydroxylation is 4. The Labute approximate surface area is 435 Å². The fourth-order valence-corrected chi connectivity index (χ4v) is 10.3. The highest BCUT2D eigenvalue weighted by atomic mass is 15.3. The topological polar surface area (TPSA) is 25.9 Å². The number of anilines is 4. The van der Waals surface area contributed by atoms with Gasteiger partial charge < -0.3 is 19.6 Å². The second-order valence-electron chi connectivity index (χ2n) is 19.3. The highest BCUT2D eigenvalue weighted by Crippen LogP contribution is 2.36. The lowest BCUT2D eigenvalue weighted by Crippen LogP contribution is -2.24. The number of para-hydroxylation sites is 2. The molecule has 0 spiro atoms. The van der Waals surface area contributed by atoms with Crippen molar-refractivity contribution in [3.8, 4) is 55.8 Å². The van der Waals surface area contributed by atoms with Gasteiger partial charge in [0.2, 0.25) is 0 Å². The van der Waals surface area contributed by atoms with Gasteiger partial charge in [0.05, 0.1) is 19.0 Å². The Kier molecular flexibility index (Phi) is 13.2. The van der Waals surface area contributed by atoms with E-state index in [0.29, 0.717) is 0 Å². The number of aromatic nitrogens is 1. The Hall–Kier alpha value is -9.19. The quantitative estimate of drug-likeness (QED) is 0.102. The zero-order chi connectivity index (χ0) is 49.5. The van der Waals surface area contributed by atoms with Crippen LogP contribution in [0, 0.1) is 0 Å². The summed E-state index contributed by atoms with van der Waals surface area (Å²) in [6.45, 7) is 1.60. The van der Waals surface area contributed by atoms with Gasteiger partial charge in [-0.05, 0) is 153 Å². The predicted molar refractivity (Wildman–Crippen MR) is 310 cm³/mol. The molecule has 0 saturated carbocycles. The fraction of sp³-hybridized carbons (Fsp3) is 0.0870. The molecule has 1 aromatic heterocycles. The van der Waals surface area contributed by atoms with Crippen molar-refractivity contribution in [3.63, 3.8) is 0 Å². The molecule has 0 aliphatic carbocycles. The Balaban J connectivity index is 0.777. The van der Waals surface area contributed by atoms with Gasteiger partial charge in [0.25, 0.3) is 0 Å². The van der Waals surface area contributed by atoms with Gasteiger partial charge >= 0.3 is 0 Å². The molecule has 9 aromatic carbocycles. The van der Waals surface area contributed by atoms with Gasteiger partial charge in [-0.3, -0.25) is 4.98 Å². The van der Waals surface area contributed by atoms with Crippen molar-refractivity contribution in [1.82, 2.24) is 4.98 Å². The smallest absolute Gasteiger partial charge is 0.0989 e. The summed E-state index contributed by atoms with van der Waals surface area (Å²) >= 11 is 0. The van der Waals surface area contributed by atoms with Gasteiger partial charge in [0, 0.05) is 59.3 Å². The first-order valence-electron chi connectivity index (χ1n) is 25.8. The molecule has 0 unspecified atom stereocenters. The summed E-state index contributed by atoms with van der Waals surface area (Å²) in [7, 11) is 0. The number of hydrogen-bond acceptors (Lipinski definition) is 5. The van der Waals surface area contributed by atoms with Crippen LogP contribution in [0.1, 0.15) is 22.3 Å². The molecular formula is C69H57N5. The molecule has 0 radical (unpaired) electrons. The number of benzene rings is 9. The molecule has 12 rings (SSSR count). The van der Waals surface area contributed by atoms with Crippen LogP contribution < -0.4 is 19.6 Å². The fourth-order valence-electron chi connectivity index (χ4n) is 10.3. The van der Waals surface area contributed by atoms with E-state index in [-0.39, 0.29) is 0 Å². The van der Waals surface area contributed by atoms with Crippen LogP contribution in [0.2, 0.25) is 0 Å². The van der Waals surface area contributed by atoms with Crippen LogP contribution >= 0.6 is 0 Å². The van der Waals surface area contributed by atoms with Crippen molar-refractivity contribution in [2.45, 2.75) is 25.7 Å². The lowest BCUT2D eigenvalue weighted by molar-refractivity contribution is 0.928. The van der Waals surface area contributed by atoms with Crippen molar-refractivity contribution in [2.75, 3.05) is 32.9 Å². The van der Waals surface area contributed by atoms with E-state index in [1.165, 1.54) is 83.9 Å². The van der Waals surface area contributed by atoms with E-state index in [4.69, 9.17) is 4.98 Å².